The normalized spacial score (nSPS) is 19.4. The average Bonchev–Trinajstić information content (AvgIpc) is 3.01. The maximum Gasteiger partial charge on any atom is 0.410 e. The van der Waals surface area contributed by atoms with Gasteiger partial charge in [0, 0.05) is 44.1 Å². The molecule has 2 N–H and O–H groups in total. The number of hydrogen-bond acceptors (Lipinski definition) is 7. The summed E-state index contributed by atoms with van der Waals surface area (Å²) in [5.41, 5.74) is 2.28. The molecule has 2 fully saturated rings. The molecular formula is C31H36ClN5O4. The fourth-order valence-electron chi connectivity index (χ4n) is 5.19. The fraction of sp³-hybridized carbons (Fsp3) is 0.419. The molecule has 0 radical (unpaired) electrons. The third-order valence-corrected chi connectivity index (χ3v) is 8.04. The summed E-state index contributed by atoms with van der Waals surface area (Å²) in [5, 5.41) is 6.79. The van der Waals surface area contributed by atoms with Gasteiger partial charge in [-0.05, 0) is 62.3 Å². The number of likely N-dealkylation sites (tertiary alicyclic amines) is 1. The lowest BCUT2D eigenvalue weighted by Crippen LogP contribution is -2.48. The lowest BCUT2D eigenvalue weighted by molar-refractivity contribution is -0.121. The number of pyridine rings is 2. The van der Waals surface area contributed by atoms with Gasteiger partial charge in [-0.2, -0.15) is 0 Å². The van der Waals surface area contributed by atoms with Crippen molar-refractivity contribution in [3.05, 3.63) is 71.4 Å². The number of nitrogens with zero attached hydrogens (tertiary/aromatic N) is 3. The minimum Gasteiger partial charge on any atom is -0.445 e. The molecule has 2 saturated heterocycles. The molecule has 0 spiro atoms. The molecular weight excluding hydrogens is 542 g/mol. The van der Waals surface area contributed by atoms with E-state index in [2.05, 4.69) is 15.6 Å². The van der Waals surface area contributed by atoms with E-state index in [4.69, 9.17) is 26.1 Å². The summed E-state index contributed by atoms with van der Waals surface area (Å²) in [6.07, 6.45) is 4.55. The number of amides is 2. The zero-order valence-corrected chi connectivity index (χ0v) is 24.0. The van der Waals surface area contributed by atoms with Crippen LogP contribution in [0.25, 0.3) is 11.3 Å². The summed E-state index contributed by atoms with van der Waals surface area (Å²) in [7, 11) is 0. The number of carbonyl (C=O) groups is 2. The van der Waals surface area contributed by atoms with Gasteiger partial charge in [-0.25, -0.2) is 14.8 Å². The van der Waals surface area contributed by atoms with Gasteiger partial charge in [-0.3, -0.25) is 4.79 Å². The Kier molecular flexibility index (Phi) is 9.69. The number of nitrogens with one attached hydrogen (secondary N) is 2. The number of aromatic nitrogens is 2. The summed E-state index contributed by atoms with van der Waals surface area (Å²) < 4.78 is 11.0. The van der Waals surface area contributed by atoms with Crippen LogP contribution in [0.3, 0.4) is 0 Å². The Bertz CT molecular complexity index is 1340. The summed E-state index contributed by atoms with van der Waals surface area (Å²) in [6.45, 7) is 4.89. The van der Waals surface area contributed by atoms with E-state index >= 15 is 0 Å². The van der Waals surface area contributed by atoms with Gasteiger partial charge in [0.05, 0.1) is 16.6 Å². The zero-order chi connectivity index (χ0) is 28.6. The van der Waals surface area contributed by atoms with Crippen LogP contribution in [-0.2, 0) is 20.9 Å². The molecule has 2 aliphatic heterocycles. The van der Waals surface area contributed by atoms with E-state index < -0.39 is 6.09 Å². The molecule has 41 heavy (non-hydrogen) atoms. The number of halogens is 1. The molecule has 216 valence electrons. The molecule has 1 aromatic carbocycles. The molecule has 2 atom stereocenters. The number of benzene rings is 1. The van der Waals surface area contributed by atoms with E-state index in [1.165, 1.54) is 6.20 Å². The average molecular weight is 578 g/mol. The minimum atomic E-state index is -0.415. The second-order valence-electron chi connectivity index (χ2n) is 10.7. The van der Waals surface area contributed by atoms with Crippen LogP contribution in [0.5, 0.6) is 0 Å². The van der Waals surface area contributed by atoms with Crippen molar-refractivity contribution in [2.75, 3.05) is 36.9 Å². The first-order valence-electron chi connectivity index (χ1n) is 14.2. The van der Waals surface area contributed by atoms with Gasteiger partial charge < -0.3 is 25.0 Å². The molecule has 5 rings (SSSR count). The van der Waals surface area contributed by atoms with Crippen molar-refractivity contribution in [1.82, 2.24) is 14.9 Å². The number of anilines is 2. The van der Waals surface area contributed by atoms with Gasteiger partial charge in [-0.15, -0.1) is 0 Å². The van der Waals surface area contributed by atoms with Crippen molar-refractivity contribution in [1.29, 1.82) is 0 Å². The molecule has 0 aliphatic carbocycles. The quantitative estimate of drug-likeness (QED) is 0.338. The molecule has 3 aromatic rings. The van der Waals surface area contributed by atoms with E-state index in [1.807, 2.05) is 55.5 Å². The molecule has 2 amide bonds. The third-order valence-electron chi connectivity index (χ3n) is 7.74. The van der Waals surface area contributed by atoms with Crippen molar-refractivity contribution in [3.63, 3.8) is 0 Å². The maximum atomic E-state index is 13.2. The monoisotopic (exact) mass is 577 g/mol. The first kappa shape index (κ1) is 28.8. The van der Waals surface area contributed by atoms with Crippen LogP contribution < -0.4 is 10.6 Å². The maximum absolute atomic E-state index is 13.2. The SMILES string of the molecule is C[C@H]1CC[C@H](C(=O)Nc2cc(-c3cccc(NCC4CCOCC4)n3)c(Cl)cn2)CN1C(=O)OCc1ccccc1. The summed E-state index contributed by atoms with van der Waals surface area (Å²) in [5.74, 6) is 1.13. The lowest BCUT2D eigenvalue weighted by atomic mass is 9.93. The van der Waals surface area contributed by atoms with Crippen LogP contribution in [0.1, 0.15) is 38.2 Å². The van der Waals surface area contributed by atoms with Crippen LogP contribution in [0.4, 0.5) is 16.4 Å². The highest BCUT2D eigenvalue weighted by molar-refractivity contribution is 6.33. The van der Waals surface area contributed by atoms with E-state index in [0.29, 0.717) is 40.9 Å². The topological polar surface area (TPSA) is 106 Å². The number of ether oxygens (including phenoxy) is 2. The molecule has 0 unspecified atom stereocenters. The second kappa shape index (κ2) is 13.8. The summed E-state index contributed by atoms with van der Waals surface area (Å²) >= 11 is 6.50. The highest BCUT2D eigenvalue weighted by Gasteiger charge is 2.33. The predicted molar refractivity (Wildman–Crippen MR) is 159 cm³/mol. The molecule has 9 nitrogen and oxygen atoms in total. The van der Waals surface area contributed by atoms with E-state index in [1.54, 1.807) is 11.0 Å². The molecule has 4 heterocycles. The highest BCUT2D eigenvalue weighted by atomic mass is 35.5. The van der Waals surface area contributed by atoms with Crippen molar-refractivity contribution in [2.24, 2.45) is 11.8 Å². The molecule has 10 heteroatoms. The van der Waals surface area contributed by atoms with Gasteiger partial charge in [0.25, 0.3) is 0 Å². The van der Waals surface area contributed by atoms with Gasteiger partial charge in [0.15, 0.2) is 0 Å². The first-order valence-corrected chi connectivity index (χ1v) is 14.6. The van der Waals surface area contributed by atoms with Crippen LogP contribution in [0.2, 0.25) is 5.02 Å². The van der Waals surface area contributed by atoms with Crippen molar-refractivity contribution < 1.29 is 19.1 Å². The van der Waals surface area contributed by atoms with E-state index in [9.17, 15) is 9.59 Å². The van der Waals surface area contributed by atoms with Crippen molar-refractivity contribution >= 4 is 35.2 Å². The Morgan fingerprint density at radius 1 is 1.05 bits per heavy atom. The first-order chi connectivity index (χ1) is 20.0. The lowest BCUT2D eigenvalue weighted by Gasteiger charge is -2.36. The van der Waals surface area contributed by atoms with Gasteiger partial charge in [-0.1, -0.05) is 48.0 Å². The minimum absolute atomic E-state index is 0.0130. The highest BCUT2D eigenvalue weighted by Crippen LogP contribution is 2.30. The van der Waals surface area contributed by atoms with Crippen molar-refractivity contribution in [3.8, 4) is 11.3 Å². The fourth-order valence-corrected chi connectivity index (χ4v) is 5.39. The second-order valence-corrected chi connectivity index (χ2v) is 11.1. The molecule has 0 saturated carbocycles. The summed E-state index contributed by atoms with van der Waals surface area (Å²) in [6, 6.07) is 17.0. The van der Waals surface area contributed by atoms with Gasteiger partial charge >= 0.3 is 6.09 Å². The van der Waals surface area contributed by atoms with Crippen molar-refractivity contribution in [2.45, 2.75) is 45.3 Å². The number of piperidine rings is 1. The number of hydrogen-bond donors (Lipinski definition) is 2. The van der Waals surface area contributed by atoms with Gasteiger partial charge in [0.1, 0.15) is 18.2 Å². The smallest absolute Gasteiger partial charge is 0.410 e. The molecule has 2 aromatic heterocycles. The standard InChI is InChI=1S/C31H36ClN5O4/c1-21-10-11-24(19-37(21)31(39)41-20-23-6-3-2-4-7-23)30(38)36-29-16-25(26(32)18-34-29)27-8-5-9-28(35-27)33-17-22-12-14-40-15-13-22/h2-9,16,18,21-22,24H,10-15,17,19-20H2,1H3,(H,33,35)(H,34,36,38)/t21-,24-/m0/s1. The number of carbonyl (C=O) groups excluding carboxylic acids is 2. The summed E-state index contributed by atoms with van der Waals surface area (Å²) in [4.78, 5) is 36.8. The molecule has 0 bridgehead atoms. The van der Waals surface area contributed by atoms with E-state index in [0.717, 1.165) is 44.0 Å². The Morgan fingerprint density at radius 2 is 1.85 bits per heavy atom. The Hall–Kier alpha value is -3.69. The number of rotatable bonds is 8. The Balaban J connectivity index is 1.20. The Labute approximate surface area is 245 Å². The van der Waals surface area contributed by atoms with Gasteiger partial charge in [0.2, 0.25) is 5.91 Å². The largest absolute Gasteiger partial charge is 0.445 e. The van der Waals surface area contributed by atoms with Crippen LogP contribution in [0, 0.1) is 11.8 Å². The predicted octanol–water partition coefficient (Wildman–Crippen LogP) is 6.01. The van der Waals surface area contributed by atoms with Crippen LogP contribution >= 0.6 is 11.6 Å². The molecule has 2 aliphatic rings. The third kappa shape index (κ3) is 7.74. The van der Waals surface area contributed by atoms with E-state index in [-0.39, 0.29) is 31.0 Å². The van der Waals surface area contributed by atoms with Crippen LogP contribution in [0.15, 0.2) is 60.8 Å². The zero-order valence-electron chi connectivity index (χ0n) is 23.2. The Morgan fingerprint density at radius 3 is 2.66 bits per heavy atom. The van der Waals surface area contributed by atoms with Crippen LogP contribution in [-0.4, -0.2) is 59.2 Å².